The maximum absolute atomic E-state index is 13.5. The molecule has 2 aliphatic rings. The first-order valence-electron chi connectivity index (χ1n) is 10.6. The maximum atomic E-state index is 13.5. The van der Waals surface area contributed by atoms with Crippen LogP contribution in [0.4, 0.5) is 4.39 Å². The molecule has 1 fully saturated rings. The normalized spacial score (nSPS) is 24.8. The molecule has 4 rings (SSSR count). The molecule has 1 aromatic carbocycles. The number of cyclic esters (lactones) is 1. The quantitative estimate of drug-likeness (QED) is 0.642. The Kier molecular flexibility index (Phi) is 6.26. The molecule has 0 spiro atoms. The maximum Gasteiger partial charge on any atom is 0.309 e. The molecule has 0 amide bonds. The van der Waals surface area contributed by atoms with Crippen LogP contribution >= 0.6 is 0 Å². The predicted molar refractivity (Wildman–Crippen MR) is 115 cm³/mol. The number of esters is 1. The first-order chi connectivity index (χ1) is 14.6. The summed E-state index contributed by atoms with van der Waals surface area (Å²) in [6.45, 7) is 2.06. The first kappa shape index (κ1) is 20.3. The lowest BCUT2D eigenvalue weighted by Crippen LogP contribution is -2.32. The Morgan fingerprint density at radius 1 is 1.13 bits per heavy atom. The van der Waals surface area contributed by atoms with Gasteiger partial charge in [0.2, 0.25) is 0 Å². The molecule has 0 bridgehead atoms. The van der Waals surface area contributed by atoms with Crippen LogP contribution in [0.3, 0.4) is 0 Å². The van der Waals surface area contributed by atoms with E-state index in [1.54, 1.807) is 12.2 Å². The smallest absolute Gasteiger partial charge is 0.309 e. The Morgan fingerprint density at radius 2 is 1.93 bits per heavy atom. The average molecular weight is 407 g/mol. The third-order valence-electron chi connectivity index (χ3n) is 5.80. The standard InChI is InChI=1S/C25H27FN2O2/c1-17-6-8-18(9-7-17)23-16-22(27-28-23)14-11-20-12-15-24(30-25(20)29)19-4-2-3-5-21(26)13-10-19/h4-10,13,16,20,24H,2-3,11-12,14-15H2,1H3,(H,27,28)/b13-10-,19-4+,21-5?. The van der Waals surface area contributed by atoms with Crippen molar-refractivity contribution in [2.45, 2.75) is 51.6 Å². The Morgan fingerprint density at radius 3 is 2.73 bits per heavy atom. The third kappa shape index (κ3) is 4.96. The number of aromatic amines is 1. The molecule has 0 radical (unpaired) electrons. The molecule has 5 heteroatoms. The average Bonchev–Trinajstić information content (AvgIpc) is 3.20. The van der Waals surface area contributed by atoms with Gasteiger partial charge in [0.1, 0.15) is 11.9 Å². The molecule has 30 heavy (non-hydrogen) atoms. The topological polar surface area (TPSA) is 55.0 Å². The minimum atomic E-state index is -0.267. The van der Waals surface area contributed by atoms with Gasteiger partial charge in [0.15, 0.2) is 0 Å². The zero-order chi connectivity index (χ0) is 20.9. The molecule has 1 saturated heterocycles. The number of rotatable bonds is 5. The van der Waals surface area contributed by atoms with Crippen molar-refractivity contribution in [3.8, 4) is 11.3 Å². The van der Waals surface area contributed by atoms with Gasteiger partial charge in [-0.3, -0.25) is 9.89 Å². The van der Waals surface area contributed by atoms with Gasteiger partial charge in [0.25, 0.3) is 0 Å². The number of nitrogens with zero attached hydrogens (tertiary/aromatic N) is 1. The van der Waals surface area contributed by atoms with Crippen LogP contribution in [0.2, 0.25) is 0 Å². The summed E-state index contributed by atoms with van der Waals surface area (Å²) >= 11 is 0. The van der Waals surface area contributed by atoms with E-state index in [1.807, 2.05) is 6.07 Å². The summed E-state index contributed by atoms with van der Waals surface area (Å²) in [5, 5.41) is 7.49. The Hall–Kier alpha value is -2.95. The van der Waals surface area contributed by atoms with Gasteiger partial charge in [-0.25, -0.2) is 4.39 Å². The van der Waals surface area contributed by atoms with Crippen molar-refractivity contribution in [1.82, 2.24) is 10.2 Å². The highest BCUT2D eigenvalue weighted by molar-refractivity contribution is 5.73. The minimum absolute atomic E-state index is 0.109. The van der Waals surface area contributed by atoms with E-state index in [0.717, 1.165) is 54.6 Å². The Bertz CT molecular complexity index is 985. The number of aromatic nitrogens is 2. The van der Waals surface area contributed by atoms with Crippen LogP contribution in [-0.2, 0) is 16.0 Å². The highest BCUT2D eigenvalue weighted by Gasteiger charge is 2.31. The van der Waals surface area contributed by atoms with Crippen LogP contribution in [0.5, 0.6) is 0 Å². The van der Waals surface area contributed by atoms with Crippen molar-refractivity contribution >= 4 is 5.97 Å². The number of nitrogens with one attached hydrogen (secondary N) is 1. The fourth-order valence-corrected chi connectivity index (χ4v) is 3.98. The fraction of sp³-hybridized carbons (Fsp3) is 0.360. The van der Waals surface area contributed by atoms with E-state index in [1.165, 1.54) is 11.6 Å². The highest BCUT2D eigenvalue weighted by atomic mass is 19.1. The molecule has 2 unspecified atom stereocenters. The van der Waals surface area contributed by atoms with Crippen LogP contribution in [0, 0.1) is 12.8 Å². The number of hydrogen-bond acceptors (Lipinski definition) is 3. The number of ether oxygens (including phenoxy) is 1. The summed E-state index contributed by atoms with van der Waals surface area (Å²) in [5.41, 5.74) is 5.14. The molecule has 2 atom stereocenters. The van der Waals surface area contributed by atoms with Crippen LogP contribution in [0.15, 0.2) is 66.0 Å². The second-order valence-corrected chi connectivity index (χ2v) is 8.09. The molecule has 4 nitrogen and oxygen atoms in total. The lowest BCUT2D eigenvalue weighted by Gasteiger charge is -2.29. The van der Waals surface area contributed by atoms with Crippen molar-refractivity contribution < 1.29 is 13.9 Å². The monoisotopic (exact) mass is 406 g/mol. The van der Waals surface area contributed by atoms with Crippen molar-refractivity contribution in [3.63, 3.8) is 0 Å². The summed E-state index contributed by atoms with van der Waals surface area (Å²) in [5.74, 6) is -0.496. The number of H-pyrrole nitrogens is 1. The summed E-state index contributed by atoms with van der Waals surface area (Å²) < 4.78 is 19.2. The van der Waals surface area contributed by atoms with Crippen molar-refractivity contribution in [2.75, 3.05) is 0 Å². The molecule has 1 aromatic heterocycles. The number of allylic oxidation sites excluding steroid dienone is 4. The Labute approximate surface area is 176 Å². The van der Waals surface area contributed by atoms with Crippen LogP contribution < -0.4 is 0 Å². The van der Waals surface area contributed by atoms with E-state index >= 15 is 0 Å². The van der Waals surface area contributed by atoms with Gasteiger partial charge < -0.3 is 4.74 Å². The summed E-state index contributed by atoms with van der Waals surface area (Å²) in [7, 11) is 0. The van der Waals surface area contributed by atoms with E-state index in [0.29, 0.717) is 6.42 Å². The zero-order valence-corrected chi connectivity index (χ0v) is 17.2. The predicted octanol–water partition coefficient (Wildman–Crippen LogP) is 5.77. The molecule has 1 aliphatic carbocycles. The molecule has 1 aliphatic heterocycles. The number of benzene rings is 1. The summed E-state index contributed by atoms with van der Waals surface area (Å²) in [6.07, 6.45) is 11.0. The molecule has 0 saturated carbocycles. The van der Waals surface area contributed by atoms with Gasteiger partial charge in [0, 0.05) is 11.3 Å². The second-order valence-electron chi connectivity index (χ2n) is 8.09. The summed E-state index contributed by atoms with van der Waals surface area (Å²) in [6, 6.07) is 10.3. The Balaban J connectivity index is 1.32. The SMILES string of the molecule is Cc1ccc(-c2cc(CCC3CCC(C4=C/CCC=C(F)/C=C\4)OC3=O)[nH]n2)cc1. The number of aryl methyl sites for hydroxylation is 2. The van der Waals surface area contributed by atoms with E-state index in [4.69, 9.17) is 4.74 Å². The van der Waals surface area contributed by atoms with Crippen LogP contribution in [0.25, 0.3) is 11.3 Å². The minimum Gasteiger partial charge on any atom is -0.457 e. The molecular weight excluding hydrogens is 379 g/mol. The van der Waals surface area contributed by atoms with E-state index in [9.17, 15) is 9.18 Å². The lowest BCUT2D eigenvalue weighted by atomic mass is 9.89. The van der Waals surface area contributed by atoms with Gasteiger partial charge in [-0.1, -0.05) is 42.0 Å². The fourth-order valence-electron chi connectivity index (χ4n) is 3.98. The first-order valence-corrected chi connectivity index (χ1v) is 10.6. The van der Waals surface area contributed by atoms with Crippen molar-refractivity contribution in [3.05, 3.63) is 77.3 Å². The number of carbonyl (C=O) groups excluding carboxylic acids is 1. The van der Waals surface area contributed by atoms with E-state index in [-0.39, 0.29) is 23.8 Å². The van der Waals surface area contributed by atoms with E-state index in [2.05, 4.69) is 47.5 Å². The van der Waals surface area contributed by atoms with Gasteiger partial charge in [0.05, 0.1) is 11.6 Å². The largest absolute Gasteiger partial charge is 0.457 e. The third-order valence-corrected chi connectivity index (χ3v) is 5.80. The molecule has 156 valence electrons. The molecule has 1 N–H and O–H groups in total. The van der Waals surface area contributed by atoms with Gasteiger partial charge in [-0.2, -0.15) is 5.10 Å². The lowest BCUT2D eigenvalue weighted by molar-refractivity contribution is -0.158. The molecule has 2 aromatic rings. The zero-order valence-electron chi connectivity index (χ0n) is 17.2. The van der Waals surface area contributed by atoms with Crippen LogP contribution in [0.1, 0.15) is 43.4 Å². The van der Waals surface area contributed by atoms with Crippen molar-refractivity contribution in [1.29, 1.82) is 0 Å². The highest BCUT2D eigenvalue weighted by Crippen LogP contribution is 2.30. The van der Waals surface area contributed by atoms with Gasteiger partial charge >= 0.3 is 5.97 Å². The summed E-state index contributed by atoms with van der Waals surface area (Å²) in [4.78, 5) is 12.6. The van der Waals surface area contributed by atoms with E-state index < -0.39 is 0 Å². The van der Waals surface area contributed by atoms with Crippen LogP contribution in [-0.4, -0.2) is 22.3 Å². The van der Waals surface area contributed by atoms with Gasteiger partial charge in [-0.05, 0) is 69.2 Å². The molecular formula is C25H27FN2O2. The van der Waals surface area contributed by atoms with Crippen molar-refractivity contribution in [2.24, 2.45) is 5.92 Å². The number of halogens is 1. The number of hydrogen-bond donors (Lipinski definition) is 1. The second kappa shape index (κ2) is 9.24. The van der Waals surface area contributed by atoms with Gasteiger partial charge in [-0.15, -0.1) is 0 Å². The molecule has 2 heterocycles. The number of carbonyl (C=O) groups is 1.